The molecule has 1 saturated heterocycles. The molecule has 0 aromatic carbocycles. The fourth-order valence-electron chi connectivity index (χ4n) is 1.40. The Balaban J connectivity index is 2.74. The lowest BCUT2D eigenvalue weighted by molar-refractivity contribution is -0.140. The van der Waals surface area contributed by atoms with Gasteiger partial charge in [0.05, 0.1) is 7.11 Å². The highest BCUT2D eigenvalue weighted by molar-refractivity contribution is 7.51. The van der Waals surface area contributed by atoms with E-state index in [1.54, 1.807) is 6.92 Å². The maximum absolute atomic E-state index is 11.8. The van der Waals surface area contributed by atoms with Gasteiger partial charge in [0.2, 0.25) is 0 Å². The molecule has 14 heavy (non-hydrogen) atoms. The highest BCUT2D eigenvalue weighted by atomic mass is 31.2. The van der Waals surface area contributed by atoms with Gasteiger partial charge in [-0.25, -0.2) is 4.57 Å². The monoisotopic (exact) mass is 223 g/mol. The number of carbonyl (C=O) groups is 1. The summed E-state index contributed by atoms with van der Waals surface area (Å²) in [6.07, 6.45) is 0. The number of methoxy groups -OCH3 is 1. The van der Waals surface area contributed by atoms with Crippen LogP contribution in [0.1, 0.15) is 6.92 Å². The second kappa shape index (κ2) is 3.98. The van der Waals surface area contributed by atoms with Gasteiger partial charge in [0, 0.05) is 20.3 Å². The average molecular weight is 223 g/mol. The Bertz CT molecular complexity index is 273. The van der Waals surface area contributed by atoms with Crippen molar-refractivity contribution in [3.05, 3.63) is 0 Å². The Labute approximate surface area is 82.7 Å². The van der Waals surface area contributed by atoms with Gasteiger partial charge < -0.3 is 4.74 Å². The quantitative estimate of drug-likeness (QED) is 0.395. The first-order valence-electron chi connectivity index (χ1n) is 4.10. The third-order valence-corrected chi connectivity index (χ3v) is 4.36. The molecule has 0 amide bonds. The third kappa shape index (κ3) is 1.70. The number of rotatable bonds is 4. The van der Waals surface area contributed by atoms with Crippen molar-refractivity contribution < 1.29 is 23.1 Å². The van der Waals surface area contributed by atoms with E-state index in [2.05, 4.69) is 4.74 Å². The third-order valence-electron chi connectivity index (χ3n) is 2.26. The van der Waals surface area contributed by atoms with E-state index < -0.39 is 19.8 Å². The van der Waals surface area contributed by atoms with Crippen molar-refractivity contribution in [1.82, 2.24) is 4.67 Å². The second-order valence-corrected chi connectivity index (χ2v) is 5.05. The molecule has 1 fully saturated rings. The van der Waals surface area contributed by atoms with E-state index >= 15 is 0 Å². The molecule has 7 heteroatoms. The summed E-state index contributed by atoms with van der Waals surface area (Å²) in [7, 11) is 0.562. The lowest BCUT2D eigenvalue weighted by Crippen LogP contribution is -2.14. The van der Waals surface area contributed by atoms with Crippen molar-refractivity contribution in [2.24, 2.45) is 0 Å². The molecule has 0 spiro atoms. The Morgan fingerprint density at radius 2 is 1.79 bits per heavy atom. The van der Waals surface area contributed by atoms with Crippen LogP contribution in [-0.2, 0) is 23.1 Å². The summed E-state index contributed by atoms with van der Waals surface area (Å²) in [4.78, 5) is 11.2. The van der Waals surface area contributed by atoms with Crippen molar-refractivity contribution in [1.29, 1.82) is 0 Å². The largest absolute Gasteiger partial charge is 0.468 e. The van der Waals surface area contributed by atoms with E-state index in [1.165, 1.54) is 26.0 Å². The summed E-state index contributed by atoms with van der Waals surface area (Å²) in [5.41, 5.74) is 0. The summed E-state index contributed by atoms with van der Waals surface area (Å²) < 4.78 is 27.3. The van der Waals surface area contributed by atoms with Gasteiger partial charge >= 0.3 is 13.7 Å². The lowest BCUT2D eigenvalue weighted by atomic mass is 10.3. The maximum Gasteiger partial charge on any atom is 0.408 e. The number of nitrogens with zero attached hydrogens (tertiary/aromatic N) is 1. The molecule has 0 aromatic rings. The molecule has 1 aliphatic rings. The highest BCUT2D eigenvalue weighted by Crippen LogP contribution is 2.60. The van der Waals surface area contributed by atoms with E-state index in [4.69, 9.17) is 9.05 Å². The average Bonchev–Trinajstić information content (AvgIpc) is 2.88. The van der Waals surface area contributed by atoms with Crippen molar-refractivity contribution in [2.45, 2.75) is 19.0 Å². The Morgan fingerprint density at radius 3 is 2.14 bits per heavy atom. The van der Waals surface area contributed by atoms with Gasteiger partial charge in [-0.15, -0.1) is 0 Å². The number of hydrogen-bond acceptors (Lipinski definition) is 5. The minimum atomic E-state index is -3.29. The van der Waals surface area contributed by atoms with Crippen LogP contribution in [0.2, 0.25) is 0 Å². The predicted octanol–water partition coefficient (Wildman–Crippen LogP) is 0.633. The predicted molar refractivity (Wildman–Crippen MR) is 48.7 cm³/mol. The van der Waals surface area contributed by atoms with Gasteiger partial charge in [0.25, 0.3) is 0 Å². The van der Waals surface area contributed by atoms with E-state index in [1.807, 2.05) is 0 Å². The Hall–Kier alpha value is -0.420. The molecule has 1 heterocycles. The summed E-state index contributed by atoms with van der Waals surface area (Å²) in [5.74, 6) is -0.424. The van der Waals surface area contributed by atoms with Crippen molar-refractivity contribution >= 4 is 13.7 Å². The summed E-state index contributed by atoms with van der Waals surface area (Å²) in [6.45, 7) is 1.76. The van der Waals surface area contributed by atoms with Crippen LogP contribution in [0.15, 0.2) is 0 Å². The summed E-state index contributed by atoms with van der Waals surface area (Å²) >= 11 is 0. The maximum atomic E-state index is 11.8. The van der Waals surface area contributed by atoms with E-state index in [0.717, 1.165) is 0 Å². The first-order chi connectivity index (χ1) is 6.51. The fraction of sp³-hybridized carbons (Fsp3) is 0.857. The van der Waals surface area contributed by atoms with E-state index in [-0.39, 0.29) is 6.04 Å². The van der Waals surface area contributed by atoms with Gasteiger partial charge in [-0.2, -0.15) is 4.67 Å². The standard InChI is InChI=1S/C7H14NO5P/c1-5-6(7(9)11-2)8(5)14(10,12-3)13-4/h5-6H,1-4H3/t5-,6+,8?/m1/s1. The lowest BCUT2D eigenvalue weighted by Gasteiger charge is -2.14. The molecule has 1 unspecified atom stereocenters. The molecule has 0 radical (unpaired) electrons. The summed E-state index contributed by atoms with van der Waals surface area (Å²) in [5, 5.41) is 0. The first kappa shape index (κ1) is 11.7. The molecule has 0 bridgehead atoms. The smallest absolute Gasteiger partial charge is 0.408 e. The summed E-state index contributed by atoms with van der Waals surface area (Å²) in [6, 6.07) is -0.695. The first-order valence-corrected chi connectivity index (χ1v) is 5.59. The molecule has 0 aliphatic carbocycles. The minimum absolute atomic E-state index is 0.173. The molecule has 3 atom stereocenters. The van der Waals surface area contributed by atoms with E-state index in [9.17, 15) is 9.36 Å². The number of carbonyl (C=O) groups excluding carboxylic acids is 1. The zero-order chi connectivity index (χ0) is 10.9. The van der Waals surface area contributed by atoms with Gasteiger partial charge in [0.1, 0.15) is 6.04 Å². The van der Waals surface area contributed by atoms with Crippen LogP contribution < -0.4 is 0 Å². The normalized spacial score (nSPS) is 31.3. The van der Waals surface area contributed by atoms with Crippen molar-refractivity contribution in [3.8, 4) is 0 Å². The zero-order valence-electron chi connectivity index (χ0n) is 8.59. The molecule has 82 valence electrons. The molecule has 0 saturated carbocycles. The molecular formula is C7H14NO5P. The van der Waals surface area contributed by atoms with Crippen molar-refractivity contribution in [3.63, 3.8) is 0 Å². The van der Waals surface area contributed by atoms with E-state index in [0.29, 0.717) is 0 Å². The minimum Gasteiger partial charge on any atom is -0.468 e. The molecule has 6 nitrogen and oxygen atoms in total. The van der Waals surface area contributed by atoms with Crippen LogP contribution in [0.25, 0.3) is 0 Å². The van der Waals surface area contributed by atoms with Gasteiger partial charge in [-0.1, -0.05) is 0 Å². The van der Waals surface area contributed by atoms with Crippen LogP contribution in [0.3, 0.4) is 0 Å². The molecule has 1 rings (SSSR count). The molecule has 0 N–H and O–H groups in total. The highest BCUT2D eigenvalue weighted by Gasteiger charge is 2.60. The van der Waals surface area contributed by atoms with Gasteiger partial charge in [0.15, 0.2) is 0 Å². The van der Waals surface area contributed by atoms with Crippen LogP contribution in [-0.4, -0.2) is 44.1 Å². The topological polar surface area (TPSA) is 64.8 Å². The van der Waals surface area contributed by atoms with Crippen LogP contribution in [0, 0.1) is 0 Å². The number of esters is 1. The van der Waals surface area contributed by atoms with Crippen molar-refractivity contribution in [2.75, 3.05) is 21.3 Å². The Kier molecular flexibility index (Phi) is 3.32. The second-order valence-electron chi connectivity index (χ2n) is 2.92. The van der Waals surface area contributed by atoms with Gasteiger partial charge in [-0.3, -0.25) is 13.8 Å². The number of hydrogen-bond donors (Lipinski definition) is 0. The molecule has 1 aliphatic heterocycles. The van der Waals surface area contributed by atoms with Gasteiger partial charge in [-0.05, 0) is 6.92 Å². The van der Waals surface area contributed by atoms with Crippen LogP contribution in [0.5, 0.6) is 0 Å². The molecular weight excluding hydrogens is 209 g/mol. The SMILES string of the molecule is COC(=O)[C@@H]1[C@@H](C)N1P(=O)(OC)OC. The van der Waals surface area contributed by atoms with Crippen LogP contribution in [0.4, 0.5) is 0 Å². The zero-order valence-corrected chi connectivity index (χ0v) is 9.48. The number of ether oxygens (including phenoxy) is 1. The molecule has 0 aromatic heterocycles. The Morgan fingerprint density at radius 1 is 1.29 bits per heavy atom. The fourth-order valence-corrected chi connectivity index (χ4v) is 3.03. The van der Waals surface area contributed by atoms with Crippen LogP contribution >= 0.6 is 7.75 Å².